The Morgan fingerprint density at radius 1 is 1.32 bits per heavy atom. The van der Waals surface area contributed by atoms with Crippen molar-refractivity contribution in [1.82, 2.24) is 10.6 Å². The summed E-state index contributed by atoms with van der Waals surface area (Å²) in [4.78, 5) is 12.2. The van der Waals surface area contributed by atoms with Crippen LogP contribution in [-0.2, 0) is 10.2 Å². The molecule has 1 amide bonds. The Morgan fingerprint density at radius 2 is 2.00 bits per heavy atom. The normalized spacial score (nSPS) is 27.0. The number of aliphatic hydroxyl groups is 1. The Bertz CT molecular complexity index is 526. The molecule has 2 aliphatic rings. The van der Waals surface area contributed by atoms with Crippen molar-refractivity contribution in [3.63, 3.8) is 0 Å². The first kappa shape index (κ1) is 15.4. The molecule has 1 aromatic carbocycles. The summed E-state index contributed by atoms with van der Waals surface area (Å²) in [5, 5.41) is 15.6. The van der Waals surface area contributed by atoms with Gasteiger partial charge in [0.1, 0.15) is 5.82 Å². The van der Waals surface area contributed by atoms with E-state index in [0.717, 1.165) is 31.2 Å². The van der Waals surface area contributed by atoms with Crippen LogP contribution in [0.25, 0.3) is 0 Å². The van der Waals surface area contributed by atoms with Gasteiger partial charge in [-0.2, -0.15) is 0 Å². The predicted molar refractivity (Wildman–Crippen MR) is 82.0 cm³/mol. The lowest BCUT2D eigenvalue weighted by Crippen LogP contribution is -2.46. The van der Waals surface area contributed by atoms with Gasteiger partial charge in [-0.15, -0.1) is 0 Å². The van der Waals surface area contributed by atoms with Gasteiger partial charge in [-0.1, -0.05) is 25.0 Å². The first-order valence-corrected chi connectivity index (χ1v) is 8.04. The number of halogens is 1. The van der Waals surface area contributed by atoms with Gasteiger partial charge >= 0.3 is 0 Å². The molecule has 0 radical (unpaired) electrons. The predicted octanol–water partition coefficient (Wildman–Crippen LogP) is 1.48. The lowest BCUT2D eigenvalue weighted by molar-refractivity contribution is -0.123. The smallest absolute Gasteiger partial charge is 0.237 e. The van der Waals surface area contributed by atoms with Crippen LogP contribution in [-0.4, -0.2) is 36.2 Å². The molecule has 2 atom stereocenters. The van der Waals surface area contributed by atoms with Crippen LogP contribution in [0.4, 0.5) is 4.39 Å². The molecule has 1 aliphatic carbocycles. The number of carbonyl (C=O) groups excluding carboxylic acids is 1. The highest BCUT2D eigenvalue weighted by molar-refractivity contribution is 5.82. The zero-order valence-corrected chi connectivity index (χ0v) is 12.6. The quantitative estimate of drug-likeness (QED) is 0.789. The lowest BCUT2D eigenvalue weighted by atomic mass is 9.78. The van der Waals surface area contributed by atoms with E-state index in [0.29, 0.717) is 19.5 Å². The van der Waals surface area contributed by atoms with Crippen LogP contribution in [0.15, 0.2) is 24.3 Å². The average Bonchev–Trinajstić information content (AvgIpc) is 3.15. The lowest BCUT2D eigenvalue weighted by Gasteiger charge is -2.30. The molecule has 1 saturated carbocycles. The van der Waals surface area contributed by atoms with Gasteiger partial charge in [-0.25, -0.2) is 4.39 Å². The van der Waals surface area contributed by atoms with E-state index in [1.165, 1.54) is 12.1 Å². The van der Waals surface area contributed by atoms with Crippen molar-refractivity contribution in [3.8, 4) is 0 Å². The van der Waals surface area contributed by atoms with Crippen LogP contribution in [0.3, 0.4) is 0 Å². The minimum atomic E-state index is -0.437. The number of benzene rings is 1. The average molecular weight is 306 g/mol. The second-order valence-electron chi connectivity index (χ2n) is 6.56. The van der Waals surface area contributed by atoms with Crippen molar-refractivity contribution in [2.75, 3.05) is 13.1 Å². The van der Waals surface area contributed by atoms with E-state index in [-0.39, 0.29) is 23.2 Å². The van der Waals surface area contributed by atoms with Crippen LogP contribution in [0.5, 0.6) is 0 Å². The van der Waals surface area contributed by atoms with Gasteiger partial charge in [0.25, 0.3) is 0 Å². The summed E-state index contributed by atoms with van der Waals surface area (Å²) in [5.74, 6) is -0.282. The van der Waals surface area contributed by atoms with Crippen molar-refractivity contribution in [2.45, 2.75) is 49.7 Å². The number of β-amino-alcohol motifs (C(OH)–C–C–N with tert-alkyl or cyclic N) is 1. The molecule has 2 fully saturated rings. The molecule has 3 rings (SSSR count). The summed E-state index contributed by atoms with van der Waals surface area (Å²) in [6.45, 7) is 1.05. The van der Waals surface area contributed by atoms with Gasteiger partial charge in [0, 0.05) is 18.5 Å². The first-order valence-electron chi connectivity index (χ1n) is 8.04. The molecular formula is C17H23FN2O2. The third kappa shape index (κ3) is 3.15. The summed E-state index contributed by atoms with van der Waals surface area (Å²) in [6, 6.07) is 6.36. The van der Waals surface area contributed by atoms with Gasteiger partial charge in [0.2, 0.25) is 5.91 Å². The Hall–Kier alpha value is -1.46. The fraction of sp³-hybridized carbons (Fsp3) is 0.588. The molecule has 0 aromatic heterocycles. The Kier molecular flexibility index (Phi) is 4.45. The Morgan fingerprint density at radius 3 is 2.59 bits per heavy atom. The van der Waals surface area contributed by atoms with Crippen LogP contribution >= 0.6 is 0 Å². The zero-order chi connectivity index (χ0) is 15.6. The van der Waals surface area contributed by atoms with E-state index in [1.807, 2.05) is 12.1 Å². The molecule has 22 heavy (non-hydrogen) atoms. The van der Waals surface area contributed by atoms with Crippen molar-refractivity contribution in [3.05, 3.63) is 35.6 Å². The molecule has 5 heteroatoms. The highest BCUT2D eigenvalue weighted by atomic mass is 19.1. The summed E-state index contributed by atoms with van der Waals surface area (Å²) >= 11 is 0. The summed E-state index contributed by atoms with van der Waals surface area (Å²) in [7, 11) is 0. The van der Waals surface area contributed by atoms with E-state index >= 15 is 0 Å². The maximum atomic E-state index is 13.2. The maximum Gasteiger partial charge on any atom is 0.237 e. The summed E-state index contributed by atoms with van der Waals surface area (Å²) in [6.07, 6.45) is 4.32. The molecule has 120 valence electrons. The largest absolute Gasteiger partial charge is 0.392 e. The number of aliphatic hydroxyl groups excluding tert-OH is 1. The fourth-order valence-electron chi connectivity index (χ4n) is 3.72. The van der Waals surface area contributed by atoms with E-state index in [9.17, 15) is 14.3 Å². The van der Waals surface area contributed by atoms with E-state index in [2.05, 4.69) is 10.6 Å². The Balaban J connectivity index is 1.67. The topological polar surface area (TPSA) is 61.4 Å². The van der Waals surface area contributed by atoms with Crippen LogP contribution in [0.1, 0.15) is 37.7 Å². The number of rotatable bonds is 4. The van der Waals surface area contributed by atoms with E-state index in [1.54, 1.807) is 0 Å². The molecule has 2 unspecified atom stereocenters. The van der Waals surface area contributed by atoms with Gasteiger partial charge < -0.3 is 15.7 Å². The molecule has 1 heterocycles. The summed E-state index contributed by atoms with van der Waals surface area (Å²) < 4.78 is 13.2. The third-order valence-electron chi connectivity index (χ3n) is 5.04. The first-order chi connectivity index (χ1) is 10.6. The second-order valence-corrected chi connectivity index (χ2v) is 6.56. The van der Waals surface area contributed by atoms with Crippen LogP contribution < -0.4 is 10.6 Å². The summed E-state index contributed by atoms with van der Waals surface area (Å²) in [5.41, 5.74) is 1.02. The molecule has 0 spiro atoms. The van der Waals surface area contributed by atoms with Crippen molar-refractivity contribution >= 4 is 5.91 Å². The number of hydrogen-bond donors (Lipinski definition) is 3. The van der Waals surface area contributed by atoms with Gasteiger partial charge in [-0.3, -0.25) is 4.79 Å². The number of carbonyl (C=O) groups is 1. The van der Waals surface area contributed by atoms with Crippen LogP contribution in [0, 0.1) is 5.82 Å². The van der Waals surface area contributed by atoms with Crippen molar-refractivity contribution in [2.24, 2.45) is 0 Å². The molecule has 1 aromatic rings. The Labute approximate surface area is 130 Å². The highest BCUT2D eigenvalue weighted by Crippen LogP contribution is 2.40. The van der Waals surface area contributed by atoms with Crippen molar-refractivity contribution in [1.29, 1.82) is 0 Å². The molecule has 4 nitrogen and oxygen atoms in total. The van der Waals surface area contributed by atoms with Gasteiger partial charge in [-0.05, 0) is 37.0 Å². The number of hydrogen-bond acceptors (Lipinski definition) is 3. The van der Waals surface area contributed by atoms with E-state index < -0.39 is 6.10 Å². The number of nitrogens with one attached hydrogen (secondary N) is 2. The highest BCUT2D eigenvalue weighted by Gasteiger charge is 2.37. The standard InChI is InChI=1S/C17H23FN2O2/c18-13-5-3-12(4-6-13)17(7-1-2-8-17)11-20-16(22)15-9-14(21)10-19-15/h3-6,14-15,19,21H,1-2,7-11H2,(H,20,22). The van der Waals surface area contributed by atoms with Gasteiger partial charge in [0.15, 0.2) is 0 Å². The fourth-order valence-corrected chi connectivity index (χ4v) is 3.72. The molecule has 1 aliphatic heterocycles. The SMILES string of the molecule is O=C(NCC1(c2ccc(F)cc2)CCCC1)C1CC(O)CN1. The molecular weight excluding hydrogens is 283 g/mol. The second kappa shape index (κ2) is 6.34. The number of amides is 1. The van der Waals surface area contributed by atoms with Crippen LogP contribution in [0.2, 0.25) is 0 Å². The van der Waals surface area contributed by atoms with E-state index in [4.69, 9.17) is 0 Å². The van der Waals surface area contributed by atoms with Gasteiger partial charge in [0.05, 0.1) is 12.1 Å². The minimum Gasteiger partial charge on any atom is -0.392 e. The minimum absolute atomic E-state index is 0.0510. The molecule has 0 bridgehead atoms. The zero-order valence-electron chi connectivity index (χ0n) is 12.6. The third-order valence-corrected chi connectivity index (χ3v) is 5.04. The monoisotopic (exact) mass is 306 g/mol. The molecule has 1 saturated heterocycles. The maximum absolute atomic E-state index is 13.2. The molecule has 3 N–H and O–H groups in total. The van der Waals surface area contributed by atoms with Crippen molar-refractivity contribution < 1.29 is 14.3 Å².